The van der Waals surface area contributed by atoms with Crippen LogP contribution in [0.2, 0.25) is 0 Å². The number of nitrogens with zero attached hydrogens (tertiary/aromatic N) is 1. The predicted molar refractivity (Wildman–Crippen MR) is 97.7 cm³/mol. The van der Waals surface area contributed by atoms with Gasteiger partial charge in [-0.2, -0.15) is 0 Å². The Bertz CT molecular complexity index is 713. The largest absolute Gasteiger partial charge is 0.376 e. The molecule has 1 aromatic heterocycles. The number of benzene rings is 1. The van der Waals surface area contributed by atoms with Crippen LogP contribution in [0, 0.1) is 6.92 Å². The molecule has 0 saturated carbocycles. The van der Waals surface area contributed by atoms with E-state index in [-0.39, 0.29) is 12.0 Å². The zero-order valence-corrected chi connectivity index (χ0v) is 15.1. The second-order valence-corrected chi connectivity index (χ2v) is 6.74. The monoisotopic (exact) mass is 389 g/mol. The Morgan fingerprint density at radius 3 is 2.92 bits per heavy atom. The van der Waals surface area contributed by atoms with Crippen molar-refractivity contribution in [2.75, 3.05) is 18.5 Å². The molecule has 1 saturated heterocycles. The summed E-state index contributed by atoms with van der Waals surface area (Å²) in [5.74, 6) is 0.566. The van der Waals surface area contributed by atoms with Gasteiger partial charge in [0.05, 0.1) is 17.4 Å². The molecule has 126 valence electrons. The fourth-order valence-corrected chi connectivity index (χ4v) is 3.17. The van der Waals surface area contributed by atoms with Crippen molar-refractivity contribution in [1.82, 2.24) is 10.3 Å². The average molecular weight is 390 g/mol. The number of ether oxygens (including phenoxy) is 1. The number of carbonyl (C=O) groups is 1. The number of aryl methyl sites for hydroxylation is 1. The smallest absolute Gasteiger partial charge is 0.252 e. The Morgan fingerprint density at radius 1 is 1.38 bits per heavy atom. The van der Waals surface area contributed by atoms with Gasteiger partial charge in [0.15, 0.2) is 0 Å². The minimum Gasteiger partial charge on any atom is -0.376 e. The van der Waals surface area contributed by atoms with Crippen LogP contribution in [-0.4, -0.2) is 30.1 Å². The highest BCUT2D eigenvalue weighted by molar-refractivity contribution is 9.10. The number of hydrogen-bond acceptors (Lipinski definition) is 4. The third kappa shape index (κ3) is 4.33. The lowest BCUT2D eigenvalue weighted by molar-refractivity contribution is 0.0857. The molecule has 1 fully saturated rings. The van der Waals surface area contributed by atoms with Gasteiger partial charge in [-0.3, -0.25) is 4.79 Å². The molecule has 5 nitrogen and oxygen atoms in total. The maximum atomic E-state index is 12.1. The maximum absolute atomic E-state index is 12.1. The van der Waals surface area contributed by atoms with Gasteiger partial charge < -0.3 is 15.4 Å². The fourth-order valence-electron chi connectivity index (χ4n) is 2.58. The van der Waals surface area contributed by atoms with Gasteiger partial charge in [0, 0.05) is 23.8 Å². The molecule has 6 heteroatoms. The number of nitrogens with one attached hydrogen (secondary N) is 2. The first kappa shape index (κ1) is 16.9. The molecular weight excluding hydrogens is 370 g/mol. The van der Waals surface area contributed by atoms with Crippen molar-refractivity contribution in [3.05, 3.63) is 52.1 Å². The molecule has 2 aromatic rings. The van der Waals surface area contributed by atoms with Crippen molar-refractivity contribution in [3.8, 4) is 0 Å². The van der Waals surface area contributed by atoms with E-state index in [2.05, 4.69) is 31.5 Å². The minimum absolute atomic E-state index is 0.124. The summed E-state index contributed by atoms with van der Waals surface area (Å²) in [6, 6.07) is 9.62. The first-order valence-electron chi connectivity index (χ1n) is 8.01. The van der Waals surface area contributed by atoms with E-state index in [4.69, 9.17) is 4.74 Å². The van der Waals surface area contributed by atoms with Gasteiger partial charge in [-0.15, -0.1) is 0 Å². The molecule has 1 unspecified atom stereocenters. The van der Waals surface area contributed by atoms with Gasteiger partial charge >= 0.3 is 0 Å². The van der Waals surface area contributed by atoms with Crippen LogP contribution >= 0.6 is 15.9 Å². The number of amides is 1. The molecule has 0 bridgehead atoms. The molecular formula is C18H20BrN3O2. The highest BCUT2D eigenvalue weighted by Gasteiger charge is 2.16. The topological polar surface area (TPSA) is 63.2 Å². The summed E-state index contributed by atoms with van der Waals surface area (Å²) < 4.78 is 6.47. The van der Waals surface area contributed by atoms with Gasteiger partial charge in [0.2, 0.25) is 0 Å². The average Bonchev–Trinajstić information content (AvgIpc) is 3.09. The van der Waals surface area contributed by atoms with Crippen LogP contribution in [0.5, 0.6) is 0 Å². The first-order chi connectivity index (χ1) is 11.6. The molecule has 2 N–H and O–H groups in total. The summed E-state index contributed by atoms with van der Waals surface area (Å²) in [6.07, 6.45) is 3.79. The van der Waals surface area contributed by atoms with Crippen molar-refractivity contribution >= 4 is 33.3 Å². The summed E-state index contributed by atoms with van der Waals surface area (Å²) in [6.45, 7) is 3.38. The Kier molecular flexibility index (Phi) is 5.48. The van der Waals surface area contributed by atoms with Crippen molar-refractivity contribution in [3.63, 3.8) is 0 Å². The van der Waals surface area contributed by atoms with E-state index in [1.807, 2.05) is 25.1 Å². The summed E-state index contributed by atoms with van der Waals surface area (Å²) in [5.41, 5.74) is 2.66. The van der Waals surface area contributed by atoms with Crippen LogP contribution in [0.15, 0.2) is 41.0 Å². The first-order valence-corrected chi connectivity index (χ1v) is 8.80. The highest BCUT2D eigenvalue weighted by atomic mass is 79.9. The molecule has 2 heterocycles. The SMILES string of the molecule is Cc1ccc(Nc2ccc(C(=O)NCC3CCCO3)cn2)c(Br)c1. The molecule has 1 aromatic carbocycles. The standard InChI is InChI=1S/C18H20BrN3O2/c1-12-4-6-16(15(19)9-12)22-17-7-5-13(10-20-17)18(23)21-11-14-3-2-8-24-14/h4-7,9-10,14H,2-3,8,11H2,1H3,(H,20,22)(H,21,23). The van der Waals surface area contributed by atoms with E-state index >= 15 is 0 Å². The van der Waals surface area contributed by atoms with Crippen LogP contribution in [0.3, 0.4) is 0 Å². The van der Waals surface area contributed by atoms with E-state index in [1.54, 1.807) is 18.3 Å². The molecule has 3 rings (SSSR count). The van der Waals surface area contributed by atoms with E-state index in [9.17, 15) is 4.79 Å². The van der Waals surface area contributed by atoms with Crippen molar-refractivity contribution in [1.29, 1.82) is 0 Å². The molecule has 24 heavy (non-hydrogen) atoms. The van der Waals surface area contributed by atoms with Crippen LogP contribution in [0.4, 0.5) is 11.5 Å². The zero-order chi connectivity index (χ0) is 16.9. The normalized spacial score (nSPS) is 16.8. The van der Waals surface area contributed by atoms with Gasteiger partial charge in [-0.1, -0.05) is 6.07 Å². The summed E-state index contributed by atoms with van der Waals surface area (Å²) in [5, 5.41) is 6.13. The van der Waals surface area contributed by atoms with Gasteiger partial charge in [0.25, 0.3) is 5.91 Å². The summed E-state index contributed by atoms with van der Waals surface area (Å²) in [4.78, 5) is 16.4. The molecule has 0 radical (unpaired) electrons. The second kappa shape index (κ2) is 7.77. The number of pyridine rings is 1. The minimum atomic E-state index is -0.124. The van der Waals surface area contributed by atoms with Crippen LogP contribution < -0.4 is 10.6 Å². The maximum Gasteiger partial charge on any atom is 0.252 e. The number of rotatable bonds is 5. The Labute approximate surface area is 149 Å². The van der Waals surface area contributed by atoms with Gasteiger partial charge in [-0.25, -0.2) is 4.98 Å². The van der Waals surface area contributed by atoms with E-state index in [0.717, 1.165) is 29.6 Å². The second-order valence-electron chi connectivity index (χ2n) is 5.89. The summed E-state index contributed by atoms with van der Waals surface area (Å²) in [7, 11) is 0. The number of anilines is 2. The quantitative estimate of drug-likeness (QED) is 0.815. The molecule has 1 aliphatic heterocycles. The number of carbonyl (C=O) groups excluding carboxylic acids is 1. The van der Waals surface area contributed by atoms with E-state index in [0.29, 0.717) is 17.9 Å². The van der Waals surface area contributed by atoms with Crippen LogP contribution in [0.25, 0.3) is 0 Å². The summed E-state index contributed by atoms with van der Waals surface area (Å²) >= 11 is 3.53. The lowest BCUT2D eigenvalue weighted by Gasteiger charge is -2.11. The lowest BCUT2D eigenvalue weighted by Crippen LogP contribution is -2.31. The predicted octanol–water partition coefficient (Wildman–Crippen LogP) is 3.80. The lowest BCUT2D eigenvalue weighted by atomic mass is 10.2. The van der Waals surface area contributed by atoms with Crippen molar-refractivity contribution < 1.29 is 9.53 Å². The third-order valence-corrected chi connectivity index (χ3v) is 4.58. The fraction of sp³-hybridized carbons (Fsp3) is 0.333. The Hall–Kier alpha value is -1.92. The van der Waals surface area contributed by atoms with E-state index in [1.165, 1.54) is 5.56 Å². The molecule has 1 aliphatic rings. The number of halogens is 1. The van der Waals surface area contributed by atoms with Crippen LogP contribution in [0.1, 0.15) is 28.8 Å². The number of aromatic nitrogens is 1. The molecule has 1 atom stereocenters. The van der Waals surface area contributed by atoms with Gasteiger partial charge in [0.1, 0.15) is 5.82 Å². The zero-order valence-electron chi connectivity index (χ0n) is 13.5. The third-order valence-electron chi connectivity index (χ3n) is 3.93. The van der Waals surface area contributed by atoms with Crippen molar-refractivity contribution in [2.45, 2.75) is 25.9 Å². The molecule has 0 spiro atoms. The van der Waals surface area contributed by atoms with E-state index < -0.39 is 0 Å². The van der Waals surface area contributed by atoms with Crippen molar-refractivity contribution in [2.24, 2.45) is 0 Å². The molecule has 1 amide bonds. The van der Waals surface area contributed by atoms with Gasteiger partial charge in [-0.05, 0) is 65.5 Å². The number of hydrogen-bond donors (Lipinski definition) is 2. The Morgan fingerprint density at radius 2 is 2.25 bits per heavy atom. The molecule has 0 aliphatic carbocycles. The Balaban J connectivity index is 1.59. The van der Waals surface area contributed by atoms with Crippen LogP contribution in [-0.2, 0) is 4.74 Å². The highest BCUT2D eigenvalue weighted by Crippen LogP contribution is 2.26.